The number of ether oxygens (including phenoxy) is 4. The first-order valence-electron chi connectivity index (χ1n) is 7.52. The number of benzene rings is 2. The van der Waals surface area contributed by atoms with Gasteiger partial charge in [-0.25, -0.2) is 0 Å². The van der Waals surface area contributed by atoms with Crippen LogP contribution in [-0.2, 0) is 10.4 Å². The minimum atomic E-state index is -1.92. The number of fused-ring (bicyclic) bond motifs is 1. The molecule has 2 aromatic carbocycles. The molecule has 0 aliphatic carbocycles. The van der Waals surface area contributed by atoms with Crippen molar-refractivity contribution in [1.82, 2.24) is 0 Å². The minimum Gasteiger partial charge on any atom is -0.497 e. The molecule has 25 heavy (non-hydrogen) atoms. The molecule has 1 amide bonds. The minimum absolute atomic E-state index is 0.305. The number of amides is 1. The van der Waals surface area contributed by atoms with E-state index < -0.39 is 11.5 Å². The van der Waals surface area contributed by atoms with Crippen molar-refractivity contribution in [3.63, 3.8) is 0 Å². The molecule has 0 bridgehead atoms. The maximum absolute atomic E-state index is 12.6. The molecular formula is C18H19NO6. The van der Waals surface area contributed by atoms with Crippen LogP contribution in [0.1, 0.15) is 11.1 Å². The predicted octanol–water partition coefficient (Wildman–Crippen LogP) is 1.91. The fourth-order valence-electron chi connectivity index (χ4n) is 2.98. The van der Waals surface area contributed by atoms with Crippen molar-refractivity contribution in [2.24, 2.45) is 0 Å². The Hall–Kier alpha value is -2.93. The smallest absolute Gasteiger partial charge is 0.266 e. The Morgan fingerprint density at radius 2 is 1.48 bits per heavy atom. The van der Waals surface area contributed by atoms with Gasteiger partial charge in [-0.05, 0) is 18.2 Å². The van der Waals surface area contributed by atoms with E-state index in [1.165, 1.54) is 28.4 Å². The molecule has 1 aliphatic heterocycles. The summed E-state index contributed by atoms with van der Waals surface area (Å²) in [5.41, 5.74) is -0.812. The van der Waals surface area contributed by atoms with Gasteiger partial charge < -0.3 is 29.4 Å². The second kappa shape index (κ2) is 6.18. The van der Waals surface area contributed by atoms with E-state index in [1.807, 2.05) is 0 Å². The molecule has 7 nitrogen and oxygen atoms in total. The van der Waals surface area contributed by atoms with Gasteiger partial charge >= 0.3 is 0 Å². The summed E-state index contributed by atoms with van der Waals surface area (Å²) in [6.07, 6.45) is 0. The molecular weight excluding hydrogens is 326 g/mol. The van der Waals surface area contributed by atoms with Gasteiger partial charge in [0.05, 0.1) is 34.1 Å². The molecule has 0 aromatic heterocycles. The lowest BCUT2D eigenvalue weighted by Gasteiger charge is -2.24. The summed E-state index contributed by atoms with van der Waals surface area (Å²) in [5, 5.41) is 14.0. The molecule has 2 N–H and O–H groups in total. The topological polar surface area (TPSA) is 86.3 Å². The van der Waals surface area contributed by atoms with E-state index in [2.05, 4.69) is 5.32 Å². The Morgan fingerprint density at radius 3 is 2.08 bits per heavy atom. The largest absolute Gasteiger partial charge is 0.497 e. The van der Waals surface area contributed by atoms with Crippen LogP contribution in [0.25, 0.3) is 0 Å². The number of carbonyl (C=O) groups is 1. The quantitative estimate of drug-likeness (QED) is 0.861. The van der Waals surface area contributed by atoms with E-state index in [1.54, 1.807) is 30.3 Å². The summed E-state index contributed by atoms with van der Waals surface area (Å²) in [7, 11) is 5.98. The highest BCUT2D eigenvalue weighted by molar-refractivity contribution is 6.08. The molecule has 1 atom stereocenters. The number of hydrogen-bond donors (Lipinski definition) is 2. The number of carbonyl (C=O) groups excluding carboxylic acids is 1. The first-order chi connectivity index (χ1) is 12.0. The fourth-order valence-corrected chi connectivity index (χ4v) is 2.98. The van der Waals surface area contributed by atoms with Gasteiger partial charge in [0.15, 0.2) is 17.1 Å². The highest BCUT2D eigenvalue weighted by Gasteiger charge is 2.49. The Bertz CT molecular complexity index is 835. The van der Waals surface area contributed by atoms with Crippen molar-refractivity contribution in [3.8, 4) is 23.0 Å². The summed E-state index contributed by atoms with van der Waals surface area (Å²) in [6.45, 7) is 0. The number of rotatable bonds is 5. The zero-order valence-corrected chi connectivity index (χ0v) is 14.4. The summed E-state index contributed by atoms with van der Waals surface area (Å²) in [4.78, 5) is 12.6. The lowest BCUT2D eigenvalue weighted by Crippen LogP contribution is -2.35. The lowest BCUT2D eigenvalue weighted by atomic mass is 9.86. The summed E-state index contributed by atoms with van der Waals surface area (Å²) >= 11 is 0. The third kappa shape index (κ3) is 2.44. The summed E-state index contributed by atoms with van der Waals surface area (Å²) in [6, 6.07) is 8.06. The van der Waals surface area contributed by atoms with Crippen LogP contribution < -0.4 is 24.3 Å². The van der Waals surface area contributed by atoms with Gasteiger partial charge in [0.2, 0.25) is 0 Å². The SMILES string of the molecule is COc1ccc(C2(O)C(=O)Nc3cc(OC)c(OC)cc32)c(OC)c1. The fraction of sp³-hybridized carbons (Fsp3) is 0.278. The molecule has 132 valence electrons. The van der Waals surface area contributed by atoms with Crippen molar-refractivity contribution in [3.05, 3.63) is 41.5 Å². The third-order valence-corrected chi connectivity index (χ3v) is 4.29. The number of nitrogens with one attached hydrogen (secondary N) is 1. The van der Waals surface area contributed by atoms with Gasteiger partial charge in [-0.15, -0.1) is 0 Å². The highest BCUT2D eigenvalue weighted by atomic mass is 16.5. The zero-order valence-electron chi connectivity index (χ0n) is 14.4. The predicted molar refractivity (Wildman–Crippen MR) is 90.7 cm³/mol. The van der Waals surface area contributed by atoms with Gasteiger partial charge in [0.25, 0.3) is 5.91 Å². The molecule has 0 saturated heterocycles. The van der Waals surface area contributed by atoms with Crippen molar-refractivity contribution >= 4 is 11.6 Å². The van der Waals surface area contributed by atoms with Crippen LogP contribution in [-0.4, -0.2) is 39.5 Å². The number of hydrogen-bond acceptors (Lipinski definition) is 6. The molecule has 0 saturated carbocycles. The molecule has 1 aliphatic rings. The van der Waals surface area contributed by atoms with Gasteiger partial charge in [-0.1, -0.05) is 0 Å². The van der Waals surface area contributed by atoms with Crippen molar-refractivity contribution in [2.75, 3.05) is 33.8 Å². The number of anilines is 1. The van der Waals surface area contributed by atoms with Gasteiger partial charge in [0, 0.05) is 23.3 Å². The highest BCUT2D eigenvalue weighted by Crippen LogP contribution is 2.48. The Morgan fingerprint density at radius 1 is 0.840 bits per heavy atom. The van der Waals surface area contributed by atoms with E-state index in [4.69, 9.17) is 18.9 Å². The average molecular weight is 345 g/mol. The number of aliphatic hydroxyl groups is 1. The van der Waals surface area contributed by atoms with Crippen LogP contribution in [0.5, 0.6) is 23.0 Å². The molecule has 1 unspecified atom stereocenters. The molecule has 0 radical (unpaired) electrons. The van der Waals surface area contributed by atoms with Crippen molar-refractivity contribution < 1.29 is 28.8 Å². The van der Waals surface area contributed by atoms with Crippen molar-refractivity contribution in [2.45, 2.75) is 5.60 Å². The maximum Gasteiger partial charge on any atom is 0.266 e. The monoisotopic (exact) mass is 345 g/mol. The van der Waals surface area contributed by atoms with E-state index in [9.17, 15) is 9.90 Å². The molecule has 1 heterocycles. The van der Waals surface area contributed by atoms with Crippen LogP contribution in [0.3, 0.4) is 0 Å². The normalized spacial score (nSPS) is 18.4. The number of methoxy groups -OCH3 is 4. The van der Waals surface area contributed by atoms with E-state index in [0.717, 1.165) is 0 Å². The first-order valence-corrected chi connectivity index (χ1v) is 7.52. The average Bonchev–Trinajstić information content (AvgIpc) is 2.90. The van der Waals surface area contributed by atoms with Crippen LogP contribution in [0.15, 0.2) is 30.3 Å². The maximum atomic E-state index is 12.6. The van der Waals surface area contributed by atoms with Crippen molar-refractivity contribution in [1.29, 1.82) is 0 Å². The lowest BCUT2D eigenvalue weighted by molar-refractivity contribution is -0.129. The van der Waals surface area contributed by atoms with Crippen LogP contribution in [0.2, 0.25) is 0 Å². The van der Waals surface area contributed by atoms with Gasteiger partial charge in [0.1, 0.15) is 11.5 Å². The second-order valence-corrected chi connectivity index (χ2v) is 5.48. The summed E-state index contributed by atoms with van der Waals surface area (Å²) in [5.74, 6) is 1.16. The molecule has 7 heteroatoms. The van der Waals surface area contributed by atoms with Crippen LogP contribution in [0, 0.1) is 0 Å². The standard InChI is InChI=1S/C18H19NO6/c1-22-10-5-6-11(14(7-10)23-2)18(21)12-8-15(24-3)16(25-4)9-13(12)19-17(18)20/h5-9,21H,1-4H3,(H,19,20). The first kappa shape index (κ1) is 16.9. The third-order valence-electron chi connectivity index (χ3n) is 4.29. The van der Waals surface area contributed by atoms with E-state index >= 15 is 0 Å². The zero-order chi connectivity index (χ0) is 18.2. The van der Waals surface area contributed by atoms with Gasteiger partial charge in [-0.3, -0.25) is 4.79 Å². The van der Waals surface area contributed by atoms with Gasteiger partial charge in [-0.2, -0.15) is 0 Å². The second-order valence-electron chi connectivity index (χ2n) is 5.48. The Labute approximate surface area is 145 Å². The molecule has 2 aromatic rings. The van der Waals surface area contributed by atoms with Crippen LogP contribution in [0.4, 0.5) is 5.69 Å². The molecule has 3 rings (SSSR count). The van der Waals surface area contributed by atoms with Crippen LogP contribution >= 0.6 is 0 Å². The Kier molecular flexibility index (Phi) is 4.18. The molecule has 0 fully saturated rings. The molecule has 0 spiro atoms. The Balaban J connectivity index is 2.23. The van der Waals surface area contributed by atoms with E-state index in [-0.39, 0.29) is 0 Å². The van der Waals surface area contributed by atoms with E-state index in [0.29, 0.717) is 39.8 Å². The summed E-state index contributed by atoms with van der Waals surface area (Å²) < 4.78 is 21.1.